The Hall–Kier alpha value is -1.80. The van der Waals surface area contributed by atoms with Gasteiger partial charge in [0.15, 0.2) is 0 Å². The van der Waals surface area contributed by atoms with E-state index in [2.05, 4.69) is 59.9 Å². The summed E-state index contributed by atoms with van der Waals surface area (Å²) in [6.07, 6.45) is 1.95. The van der Waals surface area contributed by atoms with Gasteiger partial charge >= 0.3 is 0 Å². The third-order valence-corrected chi connectivity index (χ3v) is 3.17. The molecule has 0 aromatic heterocycles. The minimum atomic E-state index is 0.244. The number of anilines is 1. The Morgan fingerprint density at radius 1 is 1.00 bits per heavy atom. The lowest BCUT2D eigenvalue weighted by molar-refractivity contribution is 0.690. The van der Waals surface area contributed by atoms with Gasteiger partial charge in [-0.15, -0.1) is 0 Å². The molecule has 0 radical (unpaired) electrons. The quantitative estimate of drug-likeness (QED) is 0.829. The van der Waals surface area contributed by atoms with Gasteiger partial charge in [-0.2, -0.15) is 0 Å². The largest absolute Gasteiger partial charge is 0.385 e. The third kappa shape index (κ3) is 4.42. The minimum absolute atomic E-state index is 0.244. The first kappa shape index (κ1) is 13.6. The number of rotatable bonds is 6. The summed E-state index contributed by atoms with van der Waals surface area (Å²) in [7, 11) is 0. The minimum Gasteiger partial charge on any atom is -0.385 e. The van der Waals surface area contributed by atoms with E-state index in [1.54, 1.807) is 0 Å². The molecule has 0 saturated carbocycles. The summed E-state index contributed by atoms with van der Waals surface area (Å²) in [4.78, 5) is 0. The number of benzene rings is 2. The van der Waals surface area contributed by atoms with E-state index in [0.29, 0.717) is 0 Å². The van der Waals surface area contributed by atoms with Gasteiger partial charge in [-0.25, -0.2) is 0 Å². The van der Waals surface area contributed by atoms with Gasteiger partial charge in [0.1, 0.15) is 0 Å². The summed E-state index contributed by atoms with van der Waals surface area (Å²) in [5, 5.41) is 3.48. The molecule has 0 aliphatic rings. The molecule has 1 unspecified atom stereocenters. The van der Waals surface area contributed by atoms with Crippen molar-refractivity contribution in [3.63, 3.8) is 0 Å². The number of hydrogen-bond acceptors (Lipinski definition) is 2. The molecule has 1 atom stereocenters. The maximum absolute atomic E-state index is 5.78. The first-order chi connectivity index (χ1) is 9.25. The van der Waals surface area contributed by atoms with Crippen LogP contribution in [0.1, 0.15) is 24.5 Å². The van der Waals surface area contributed by atoms with Gasteiger partial charge in [-0.3, -0.25) is 0 Å². The van der Waals surface area contributed by atoms with Crippen molar-refractivity contribution in [3.05, 3.63) is 65.7 Å². The van der Waals surface area contributed by atoms with E-state index in [1.165, 1.54) is 16.8 Å². The second-order valence-electron chi connectivity index (χ2n) is 5.01. The Morgan fingerprint density at radius 3 is 2.42 bits per heavy atom. The standard InChI is InChI=1S/C17H22N2/c1-14(18)11-12-19-17-10-6-5-9-16(17)13-15-7-3-2-4-8-15/h2-10,14,19H,11-13,18H2,1H3. The fourth-order valence-electron chi connectivity index (χ4n) is 2.10. The number of nitrogens with one attached hydrogen (secondary N) is 1. The molecule has 100 valence electrons. The molecule has 0 aliphatic heterocycles. The van der Waals surface area contributed by atoms with Crippen LogP contribution >= 0.6 is 0 Å². The molecule has 2 heteroatoms. The summed E-state index contributed by atoms with van der Waals surface area (Å²) in [6.45, 7) is 2.96. The maximum atomic E-state index is 5.78. The van der Waals surface area contributed by atoms with Gasteiger partial charge < -0.3 is 11.1 Å². The van der Waals surface area contributed by atoms with Crippen molar-refractivity contribution in [1.82, 2.24) is 0 Å². The van der Waals surface area contributed by atoms with E-state index >= 15 is 0 Å². The number of hydrogen-bond donors (Lipinski definition) is 2. The Kier molecular flexibility index (Phi) is 4.99. The molecular weight excluding hydrogens is 232 g/mol. The molecule has 0 bridgehead atoms. The zero-order chi connectivity index (χ0) is 13.5. The average molecular weight is 254 g/mol. The molecule has 0 spiro atoms. The van der Waals surface area contributed by atoms with Gasteiger partial charge in [0.2, 0.25) is 0 Å². The molecule has 2 aromatic rings. The fourth-order valence-corrected chi connectivity index (χ4v) is 2.10. The highest BCUT2D eigenvalue weighted by atomic mass is 14.9. The SMILES string of the molecule is CC(N)CCNc1ccccc1Cc1ccccc1. The van der Waals surface area contributed by atoms with Crippen LogP contribution in [0.25, 0.3) is 0 Å². The van der Waals surface area contributed by atoms with Crippen LogP contribution < -0.4 is 11.1 Å². The highest BCUT2D eigenvalue weighted by Crippen LogP contribution is 2.19. The molecule has 0 heterocycles. The topological polar surface area (TPSA) is 38.0 Å². The Bertz CT molecular complexity index is 492. The van der Waals surface area contributed by atoms with E-state index in [-0.39, 0.29) is 6.04 Å². The van der Waals surface area contributed by atoms with Crippen LogP contribution in [0.2, 0.25) is 0 Å². The lowest BCUT2D eigenvalue weighted by Gasteiger charge is -2.13. The lowest BCUT2D eigenvalue weighted by Crippen LogP contribution is -2.19. The van der Waals surface area contributed by atoms with Crippen molar-refractivity contribution >= 4 is 5.69 Å². The van der Waals surface area contributed by atoms with Crippen LogP contribution in [0, 0.1) is 0 Å². The van der Waals surface area contributed by atoms with E-state index in [9.17, 15) is 0 Å². The van der Waals surface area contributed by atoms with Crippen LogP contribution in [0.15, 0.2) is 54.6 Å². The molecular formula is C17H22N2. The van der Waals surface area contributed by atoms with Crippen molar-refractivity contribution in [2.24, 2.45) is 5.73 Å². The smallest absolute Gasteiger partial charge is 0.0376 e. The molecule has 19 heavy (non-hydrogen) atoms. The monoisotopic (exact) mass is 254 g/mol. The highest BCUT2D eigenvalue weighted by Gasteiger charge is 2.03. The van der Waals surface area contributed by atoms with E-state index in [4.69, 9.17) is 5.73 Å². The number of nitrogens with two attached hydrogens (primary N) is 1. The van der Waals surface area contributed by atoms with E-state index in [0.717, 1.165) is 19.4 Å². The Balaban J connectivity index is 2.04. The molecule has 2 aromatic carbocycles. The van der Waals surface area contributed by atoms with Crippen molar-refractivity contribution in [2.45, 2.75) is 25.8 Å². The van der Waals surface area contributed by atoms with Crippen LogP contribution in [-0.4, -0.2) is 12.6 Å². The first-order valence-electron chi connectivity index (χ1n) is 6.87. The highest BCUT2D eigenvalue weighted by molar-refractivity contribution is 5.52. The molecule has 0 aliphatic carbocycles. The second-order valence-corrected chi connectivity index (χ2v) is 5.01. The molecule has 0 fully saturated rings. The average Bonchev–Trinajstić information content (AvgIpc) is 2.41. The fraction of sp³-hybridized carbons (Fsp3) is 0.294. The summed E-state index contributed by atoms with van der Waals surface area (Å²) in [6, 6.07) is 19.3. The van der Waals surface area contributed by atoms with Gasteiger partial charge in [0, 0.05) is 18.3 Å². The summed E-state index contributed by atoms with van der Waals surface area (Å²) in [5.74, 6) is 0. The summed E-state index contributed by atoms with van der Waals surface area (Å²) >= 11 is 0. The molecule has 2 rings (SSSR count). The van der Waals surface area contributed by atoms with Crippen LogP contribution in [0.5, 0.6) is 0 Å². The zero-order valence-electron chi connectivity index (χ0n) is 11.5. The molecule has 0 saturated heterocycles. The first-order valence-corrected chi connectivity index (χ1v) is 6.87. The van der Waals surface area contributed by atoms with Crippen LogP contribution in [-0.2, 0) is 6.42 Å². The predicted octanol–water partition coefficient (Wildman–Crippen LogP) is 3.43. The maximum Gasteiger partial charge on any atom is 0.0376 e. The lowest BCUT2D eigenvalue weighted by atomic mass is 10.0. The van der Waals surface area contributed by atoms with Crippen molar-refractivity contribution in [2.75, 3.05) is 11.9 Å². The van der Waals surface area contributed by atoms with Crippen molar-refractivity contribution < 1.29 is 0 Å². The predicted molar refractivity (Wildman–Crippen MR) is 82.4 cm³/mol. The summed E-state index contributed by atoms with van der Waals surface area (Å²) in [5.41, 5.74) is 9.66. The normalized spacial score (nSPS) is 12.1. The number of para-hydroxylation sites is 1. The molecule has 0 amide bonds. The van der Waals surface area contributed by atoms with Crippen LogP contribution in [0.3, 0.4) is 0 Å². The van der Waals surface area contributed by atoms with Gasteiger partial charge in [0.05, 0.1) is 0 Å². The van der Waals surface area contributed by atoms with Crippen LogP contribution in [0.4, 0.5) is 5.69 Å². The summed E-state index contributed by atoms with van der Waals surface area (Å²) < 4.78 is 0. The van der Waals surface area contributed by atoms with Gasteiger partial charge in [-0.1, -0.05) is 48.5 Å². The van der Waals surface area contributed by atoms with E-state index < -0.39 is 0 Å². The Morgan fingerprint density at radius 2 is 1.68 bits per heavy atom. The van der Waals surface area contributed by atoms with Gasteiger partial charge in [0.25, 0.3) is 0 Å². The zero-order valence-corrected chi connectivity index (χ0v) is 11.5. The third-order valence-electron chi connectivity index (χ3n) is 3.17. The second kappa shape index (κ2) is 6.95. The van der Waals surface area contributed by atoms with Gasteiger partial charge in [-0.05, 0) is 37.0 Å². The van der Waals surface area contributed by atoms with Crippen molar-refractivity contribution in [1.29, 1.82) is 0 Å². The molecule has 2 nitrogen and oxygen atoms in total. The van der Waals surface area contributed by atoms with E-state index in [1.807, 2.05) is 6.92 Å². The van der Waals surface area contributed by atoms with Crippen molar-refractivity contribution in [3.8, 4) is 0 Å². The molecule has 3 N–H and O–H groups in total. The Labute approximate surface area is 115 Å².